The van der Waals surface area contributed by atoms with Gasteiger partial charge in [-0.05, 0) is 17.7 Å². The average molecular weight is 267 g/mol. The number of aryl methyl sites for hydroxylation is 1. The zero-order chi connectivity index (χ0) is 13.8. The first-order chi connectivity index (χ1) is 9.06. The molecule has 0 amide bonds. The van der Waals surface area contributed by atoms with Crippen LogP contribution in [0.25, 0.3) is 0 Å². The maximum Gasteiger partial charge on any atom is 0.387 e. The van der Waals surface area contributed by atoms with Crippen molar-refractivity contribution < 1.29 is 13.5 Å². The monoisotopic (exact) mass is 267 g/mol. The van der Waals surface area contributed by atoms with Gasteiger partial charge in [0.1, 0.15) is 11.6 Å². The number of rotatable bonds is 5. The first kappa shape index (κ1) is 13.5. The van der Waals surface area contributed by atoms with E-state index in [1.807, 2.05) is 17.8 Å². The van der Waals surface area contributed by atoms with Crippen LogP contribution >= 0.6 is 0 Å². The van der Waals surface area contributed by atoms with Crippen LogP contribution in [0.2, 0.25) is 0 Å². The molecule has 2 N–H and O–H groups in total. The fourth-order valence-electron chi connectivity index (χ4n) is 1.83. The lowest BCUT2D eigenvalue weighted by Gasteiger charge is -2.13. The van der Waals surface area contributed by atoms with Gasteiger partial charge in [-0.25, -0.2) is 4.98 Å². The number of imidazole rings is 1. The van der Waals surface area contributed by atoms with Gasteiger partial charge in [-0.15, -0.1) is 0 Å². The summed E-state index contributed by atoms with van der Waals surface area (Å²) in [7, 11) is 1.88. The van der Waals surface area contributed by atoms with Gasteiger partial charge in [0, 0.05) is 31.9 Å². The summed E-state index contributed by atoms with van der Waals surface area (Å²) >= 11 is 0. The van der Waals surface area contributed by atoms with Crippen LogP contribution in [0.5, 0.6) is 5.75 Å². The predicted molar refractivity (Wildman–Crippen MR) is 66.9 cm³/mol. The molecule has 1 atom stereocenters. The first-order valence-corrected chi connectivity index (χ1v) is 5.83. The highest BCUT2D eigenvalue weighted by Gasteiger charge is 2.12. The molecule has 2 aromatic rings. The van der Waals surface area contributed by atoms with E-state index in [0.29, 0.717) is 6.42 Å². The molecule has 1 aromatic carbocycles. The van der Waals surface area contributed by atoms with Crippen molar-refractivity contribution in [1.29, 1.82) is 0 Å². The van der Waals surface area contributed by atoms with E-state index in [1.165, 1.54) is 12.1 Å². The molecule has 0 radical (unpaired) electrons. The van der Waals surface area contributed by atoms with Gasteiger partial charge in [-0.1, -0.05) is 12.1 Å². The fraction of sp³-hybridized carbons (Fsp3) is 0.308. The van der Waals surface area contributed by atoms with Gasteiger partial charge in [-0.3, -0.25) is 0 Å². The molecule has 0 saturated heterocycles. The molecular weight excluding hydrogens is 252 g/mol. The zero-order valence-electron chi connectivity index (χ0n) is 10.5. The minimum atomic E-state index is -2.83. The Bertz CT molecular complexity index is 542. The molecule has 1 heterocycles. The van der Waals surface area contributed by atoms with Crippen molar-refractivity contribution in [3.63, 3.8) is 0 Å². The number of hydrogen-bond acceptors (Lipinski definition) is 3. The van der Waals surface area contributed by atoms with Gasteiger partial charge >= 0.3 is 6.61 Å². The van der Waals surface area contributed by atoms with Crippen molar-refractivity contribution in [3.05, 3.63) is 48.0 Å². The third kappa shape index (κ3) is 3.51. The molecule has 6 heteroatoms. The summed E-state index contributed by atoms with van der Waals surface area (Å²) in [5, 5.41) is 0. The molecule has 0 saturated carbocycles. The standard InChI is InChI=1S/C13H15F2N3O/c1-18-6-5-17-12(18)8-11(16)9-3-2-4-10(7-9)19-13(14)15/h2-7,11,13H,8,16H2,1H3. The Balaban J connectivity index is 2.10. The van der Waals surface area contributed by atoms with Gasteiger partial charge in [0.25, 0.3) is 0 Å². The summed E-state index contributed by atoms with van der Waals surface area (Å²) in [4.78, 5) is 4.18. The summed E-state index contributed by atoms with van der Waals surface area (Å²) in [6.45, 7) is -2.83. The summed E-state index contributed by atoms with van der Waals surface area (Å²) in [5.74, 6) is 0.954. The lowest BCUT2D eigenvalue weighted by molar-refractivity contribution is -0.0499. The van der Waals surface area contributed by atoms with Crippen LogP contribution in [0, 0.1) is 0 Å². The van der Waals surface area contributed by atoms with Crippen molar-refractivity contribution >= 4 is 0 Å². The number of benzene rings is 1. The Kier molecular flexibility index (Phi) is 4.11. The van der Waals surface area contributed by atoms with E-state index in [1.54, 1.807) is 18.3 Å². The van der Waals surface area contributed by atoms with Crippen molar-refractivity contribution in [2.45, 2.75) is 19.1 Å². The molecule has 1 unspecified atom stereocenters. The molecule has 0 fully saturated rings. The van der Waals surface area contributed by atoms with Crippen molar-refractivity contribution in [1.82, 2.24) is 9.55 Å². The molecule has 19 heavy (non-hydrogen) atoms. The Morgan fingerprint density at radius 1 is 1.42 bits per heavy atom. The number of ether oxygens (including phenoxy) is 1. The molecule has 2 rings (SSSR count). The molecule has 0 spiro atoms. The summed E-state index contributed by atoms with van der Waals surface area (Å²) in [6, 6.07) is 6.11. The molecular formula is C13H15F2N3O. The Labute approximate surface area is 109 Å². The second kappa shape index (κ2) is 5.79. The Morgan fingerprint density at radius 3 is 2.84 bits per heavy atom. The van der Waals surface area contributed by atoms with Gasteiger partial charge in [-0.2, -0.15) is 8.78 Å². The highest BCUT2D eigenvalue weighted by atomic mass is 19.3. The third-order valence-electron chi connectivity index (χ3n) is 2.83. The van der Waals surface area contributed by atoms with Crippen LogP contribution in [-0.4, -0.2) is 16.2 Å². The minimum absolute atomic E-state index is 0.114. The van der Waals surface area contributed by atoms with E-state index < -0.39 is 6.61 Å². The predicted octanol–water partition coefficient (Wildman–Crippen LogP) is 2.26. The largest absolute Gasteiger partial charge is 0.435 e. The molecule has 1 aromatic heterocycles. The summed E-state index contributed by atoms with van der Waals surface area (Å²) < 4.78 is 30.5. The Morgan fingerprint density at radius 2 is 2.21 bits per heavy atom. The van der Waals surface area contributed by atoms with E-state index in [2.05, 4.69) is 9.72 Å². The van der Waals surface area contributed by atoms with E-state index in [-0.39, 0.29) is 11.8 Å². The lowest BCUT2D eigenvalue weighted by atomic mass is 10.0. The smallest absolute Gasteiger partial charge is 0.387 e. The molecule has 0 aliphatic rings. The fourth-order valence-corrected chi connectivity index (χ4v) is 1.83. The third-order valence-corrected chi connectivity index (χ3v) is 2.83. The normalized spacial score (nSPS) is 12.7. The van der Waals surface area contributed by atoms with E-state index in [9.17, 15) is 8.78 Å². The van der Waals surface area contributed by atoms with E-state index in [0.717, 1.165) is 11.4 Å². The van der Waals surface area contributed by atoms with Crippen LogP contribution in [-0.2, 0) is 13.5 Å². The first-order valence-electron chi connectivity index (χ1n) is 5.83. The average Bonchev–Trinajstić information content (AvgIpc) is 2.74. The number of halogens is 2. The molecule has 102 valence electrons. The number of nitrogens with two attached hydrogens (primary N) is 1. The van der Waals surface area contributed by atoms with Crippen LogP contribution in [0.15, 0.2) is 36.7 Å². The van der Waals surface area contributed by atoms with Crippen LogP contribution in [0.4, 0.5) is 8.78 Å². The zero-order valence-corrected chi connectivity index (χ0v) is 10.5. The van der Waals surface area contributed by atoms with E-state index in [4.69, 9.17) is 5.73 Å². The van der Waals surface area contributed by atoms with Gasteiger partial charge in [0.05, 0.1) is 0 Å². The van der Waals surface area contributed by atoms with Gasteiger partial charge in [0.2, 0.25) is 0 Å². The summed E-state index contributed by atoms with van der Waals surface area (Å²) in [6.07, 6.45) is 4.05. The number of aromatic nitrogens is 2. The highest BCUT2D eigenvalue weighted by Crippen LogP contribution is 2.21. The highest BCUT2D eigenvalue weighted by molar-refractivity contribution is 5.30. The van der Waals surface area contributed by atoms with Crippen LogP contribution in [0.1, 0.15) is 17.4 Å². The maximum absolute atomic E-state index is 12.1. The topological polar surface area (TPSA) is 53.1 Å². The maximum atomic E-state index is 12.1. The van der Waals surface area contributed by atoms with Gasteiger partial charge < -0.3 is 15.0 Å². The van der Waals surface area contributed by atoms with Crippen molar-refractivity contribution in [2.75, 3.05) is 0 Å². The Hall–Kier alpha value is -1.95. The summed E-state index contributed by atoms with van der Waals surface area (Å²) in [5.41, 5.74) is 6.80. The quantitative estimate of drug-likeness (QED) is 0.904. The van der Waals surface area contributed by atoms with Crippen molar-refractivity contribution in [3.8, 4) is 5.75 Å². The minimum Gasteiger partial charge on any atom is -0.435 e. The van der Waals surface area contributed by atoms with Crippen LogP contribution < -0.4 is 10.5 Å². The number of hydrogen-bond donors (Lipinski definition) is 1. The number of nitrogens with zero attached hydrogens (tertiary/aromatic N) is 2. The SMILES string of the molecule is Cn1ccnc1CC(N)c1cccc(OC(F)F)c1. The molecule has 0 bridgehead atoms. The van der Waals surface area contributed by atoms with Crippen LogP contribution in [0.3, 0.4) is 0 Å². The molecule has 0 aliphatic carbocycles. The molecule has 4 nitrogen and oxygen atoms in total. The van der Waals surface area contributed by atoms with Gasteiger partial charge in [0.15, 0.2) is 0 Å². The lowest BCUT2D eigenvalue weighted by Crippen LogP contribution is -2.16. The number of alkyl halides is 2. The second-order valence-electron chi connectivity index (χ2n) is 4.22. The second-order valence-corrected chi connectivity index (χ2v) is 4.22. The molecule has 0 aliphatic heterocycles. The van der Waals surface area contributed by atoms with E-state index >= 15 is 0 Å². The van der Waals surface area contributed by atoms with Crippen molar-refractivity contribution in [2.24, 2.45) is 12.8 Å².